The zero-order valence-corrected chi connectivity index (χ0v) is 15.3. The zero-order valence-electron chi connectivity index (χ0n) is 14.5. The number of aromatic nitrogens is 1. The van der Waals surface area contributed by atoms with Crippen LogP contribution < -0.4 is 10.1 Å². The summed E-state index contributed by atoms with van der Waals surface area (Å²) in [7, 11) is 1.41. The van der Waals surface area contributed by atoms with Crippen molar-refractivity contribution >= 4 is 29.3 Å². The standard InChI is InChI=1S/C20H20N2O3.ClH/c1-24-20(23)19-18-15(9-10-21-19)16-11-14(7-8-17(16)22-18)25-12-13-5-3-2-4-6-13;/h2-8,11,19,21-22H,9-10,12H2,1H3;1H. The molecular formula is C20H21ClN2O3. The molecule has 6 heteroatoms. The number of hydrogen-bond acceptors (Lipinski definition) is 4. The summed E-state index contributed by atoms with van der Waals surface area (Å²) in [5.41, 5.74) is 4.20. The number of benzene rings is 2. The van der Waals surface area contributed by atoms with E-state index in [-0.39, 0.29) is 18.4 Å². The normalized spacial score (nSPS) is 15.8. The molecule has 1 aliphatic rings. The van der Waals surface area contributed by atoms with Crippen LogP contribution in [0.3, 0.4) is 0 Å². The van der Waals surface area contributed by atoms with Crippen molar-refractivity contribution in [2.45, 2.75) is 19.1 Å². The van der Waals surface area contributed by atoms with Gasteiger partial charge in [0.2, 0.25) is 0 Å². The highest BCUT2D eigenvalue weighted by molar-refractivity contribution is 5.89. The van der Waals surface area contributed by atoms with Gasteiger partial charge in [-0.3, -0.25) is 5.32 Å². The van der Waals surface area contributed by atoms with E-state index in [0.29, 0.717) is 6.61 Å². The van der Waals surface area contributed by atoms with E-state index in [4.69, 9.17) is 9.47 Å². The van der Waals surface area contributed by atoms with E-state index in [1.807, 2.05) is 48.5 Å². The summed E-state index contributed by atoms with van der Waals surface area (Å²) >= 11 is 0. The van der Waals surface area contributed by atoms with Crippen molar-refractivity contribution < 1.29 is 14.3 Å². The molecule has 0 bridgehead atoms. The van der Waals surface area contributed by atoms with Gasteiger partial charge in [0.1, 0.15) is 18.4 Å². The second kappa shape index (κ2) is 7.81. The fourth-order valence-electron chi connectivity index (χ4n) is 3.36. The van der Waals surface area contributed by atoms with E-state index in [9.17, 15) is 4.79 Å². The topological polar surface area (TPSA) is 63.3 Å². The van der Waals surface area contributed by atoms with E-state index in [2.05, 4.69) is 10.3 Å². The van der Waals surface area contributed by atoms with Gasteiger partial charge in [-0.15, -0.1) is 12.4 Å². The quantitative estimate of drug-likeness (QED) is 0.688. The first-order valence-corrected chi connectivity index (χ1v) is 8.38. The molecule has 1 atom stereocenters. The van der Waals surface area contributed by atoms with Crippen molar-refractivity contribution in [2.24, 2.45) is 0 Å². The maximum Gasteiger partial charge on any atom is 0.329 e. The molecule has 0 fully saturated rings. The van der Waals surface area contributed by atoms with Gasteiger partial charge in [-0.25, -0.2) is 4.79 Å². The van der Waals surface area contributed by atoms with E-state index >= 15 is 0 Å². The number of halogens is 1. The lowest BCUT2D eigenvalue weighted by molar-refractivity contribution is -0.143. The van der Waals surface area contributed by atoms with Crippen molar-refractivity contribution in [2.75, 3.05) is 13.7 Å². The highest BCUT2D eigenvalue weighted by Crippen LogP contribution is 2.32. The maximum atomic E-state index is 12.0. The summed E-state index contributed by atoms with van der Waals surface area (Å²) in [5.74, 6) is 0.555. The number of rotatable bonds is 4. The third-order valence-corrected chi connectivity index (χ3v) is 4.61. The summed E-state index contributed by atoms with van der Waals surface area (Å²) in [6, 6.07) is 15.7. The molecule has 1 aromatic heterocycles. The Bertz CT molecular complexity index is 908. The highest BCUT2D eigenvalue weighted by atomic mass is 35.5. The fourth-order valence-corrected chi connectivity index (χ4v) is 3.36. The summed E-state index contributed by atoms with van der Waals surface area (Å²) < 4.78 is 10.8. The Balaban J connectivity index is 0.00000196. The molecule has 136 valence electrons. The second-order valence-electron chi connectivity index (χ2n) is 6.16. The van der Waals surface area contributed by atoms with Crippen molar-refractivity contribution in [3.8, 4) is 5.75 Å². The minimum Gasteiger partial charge on any atom is -0.489 e. The van der Waals surface area contributed by atoms with Gasteiger partial charge >= 0.3 is 5.97 Å². The van der Waals surface area contributed by atoms with Crippen molar-refractivity contribution in [1.82, 2.24) is 10.3 Å². The van der Waals surface area contributed by atoms with Crippen LogP contribution in [0.5, 0.6) is 5.75 Å². The molecule has 2 N–H and O–H groups in total. The fraction of sp³-hybridized carbons (Fsp3) is 0.250. The van der Waals surface area contributed by atoms with Gasteiger partial charge in [0.15, 0.2) is 0 Å². The molecule has 2 heterocycles. The van der Waals surface area contributed by atoms with Crippen LogP contribution in [-0.2, 0) is 22.6 Å². The molecule has 0 aliphatic carbocycles. The molecular weight excluding hydrogens is 352 g/mol. The third-order valence-electron chi connectivity index (χ3n) is 4.61. The first kappa shape index (κ1) is 18.3. The van der Waals surface area contributed by atoms with Crippen LogP contribution in [0.1, 0.15) is 22.9 Å². The van der Waals surface area contributed by atoms with Crippen molar-refractivity contribution in [1.29, 1.82) is 0 Å². The Hall–Kier alpha value is -2.50. The Kier molecular flexibility index (Phi) is 5.49. The number of ether oxygens (including phenoxy) is 2. The molecule has 0 amide bonds. The number of carbonyl (C=O) groups excluding carboxylic acids is 1. The van der Waals surface area contributed by atoms with Crippen LogP contribution in [0.15, 0.2) is 48.5 Å². The number of esters is 1. The average molecular weight is 373 g/mol. The van der Waals surface area contributed by atoms with E-state index < -0.39 is 6.04 Å². The zero-order chi connectivity index (χ0) is 17.2. The molecule has 0 spiro atoms. The lowest BCUT2D eigenvalue weighted by Crippen LogP contribution is -2.35. The van der Waals surface area contributed by atoms with E-state index in [1.54, 1.807) is 0 Å². The Labute approximate surface area is 158 Å². The minimum absolute atomic E-state index is 0. The molecule has 0 saturated heterocycles. The highest BCUT2D eigenvalue weighted by Gasteiger charge is 2.30. The summed E-state index contributed by atoms with van der Waals surface area (Å²) in [4.78, 5) is 15.4. The van der Waals surface area contributed by atoms with Gasteiger partial charge in [0, 0.05) is 23.1 Å². The van der Waals surface area contributed by atoms with Crippen LogP contribution in [0.25, 0.3) is 10.9 Å². The number of aromatic amines is 1. The molecule has 0 saturated carbocycles. The Morgan fingerprint density at radius 3 is 2.77 bits per heavy atom. The van der Waals surface area contributed by atoms with Crippen LogP contribution in [0.2, 0.25) is 0 Å². The summed E-state index contributed by atoms with van der Waals surface area (Å²) in [6.45, 7) is 1.28. The van der Waals surface area contributed by atoms with E-state index in [1.165, 1.54) is 7.11 Å². The minimum atomic E-state index is -0.435. The molecule has 1 unspecified atom stereocenters. The number of hydrogen-bond donors (Lipinski definition) is 2. The molecule has 0 radical (unpaired) electrons. The van der Waals surface area contributed by atoms with Gasteiger partial charge in [0.05, 0.1) is 7.11 Å². The molecule has 26 heavy (non-hydrogen) atoms. The molecule has 2 aromatic carbocycles. The number of methoxy groups -OCH3 is 1. The number of carbonyl (C=O) groups is 1. The molecule has 5 nitrogen and oxygen atoms in total. The first-order chi connectivity index (χ1) is 12.3. The van der Waals surface area contributed by atoms with Gasteiger partial charge < -0.3 is 14.5 Å². The molecule has 1 aliphatic heterocycles. The number of fused-ring (bicyclic) bond motifs is 3. The monoisotopic (exact) mass is 372 g/mol. The van der Waals surface area contributed by atoms with Crippen LogP contribution in [0, 0.1) is 0 Å². The number of H-pyrrole nitrogens is 1. The van der Waals surface area contributed by atoms with Crippen LogP contribution >= 0.6 is 12.4 Å². The SMILES string of the molecule is COC(=O)C1NCCc2c1[nH]c1ccc(OCc3ccccc3)cc21.Cl. The predicted molar refractivity (Wildman–Crippen MR) is 103 cm³/mol. The number of nitrogens with one attached hydrogen (secondary N) is 2. The van der Waals surface area contributed by atoms with Gasteiger partial charge in [-0.1, -0.05) is 30.3 Å². The maximum absolute atomic E-state index is 12.0. The summed E-state index contributed by atoms with van der Waals surface area (Å²) in [6.07, 6.45) is 0.866. The van der Waals surface area contributed by atoms with E-state index in [0.717, 1.165) is 46.4 Å². The summed E-state index contributed by atoms with van der Waals surface area (Å²) in [5, 5.41) is 4.32. The largest absolute Gasteiger partial charge is 0.489 e. The van der Waals surface area contributed by atoms with Crippen LogP contribution in [0.4, 0.5) is 0 Å². The van der Waals surface area contributed by atoms with Crippen molar-refractivity contribution in [3.05, 3.63) is 65.4 Å². The Morgan fingerprint density at radius 1 is 1.19 bits per heavy atom. The van der Waals surface area contributed by atoms with Crippen LogP contribution in [-0.4, -0.2) is 24.6 Å². The average Bonchev–Trinajstić information content (AvgIpc) is 3.04. The van der Waals surface area contributed by atoms with Gasteiger partial charge in [-0.05, 0) is 35.7 Å². The lowest BCUT2D eigenvalue weighted by Gasteiger charge is -2.22. The van der Waals surface area contributed by atoms with Crippen molar-refractivity contribution in [3.63, 3.8) is 0 Å². The second-order valence-corrected chi connectivity index (χ2v) is 6.16. The first-order valence-electron chi connectivity index (χ1n) is 8.38. The third kappa shape index (κ3) is 3.41. The predicted octanol–water partition coefficient (Wildman–Crippen LogP) is 3.53. The molecule has 4 rings (SSSR count). The van der Waals surface area contributed by atoms with Gasteiger partial charge in [-0.2, -0.15) is 0 Å². The lowest BCUT2D eigenvalue weighted by atomic mass is 9.99. The van der Waals surface area contributed by atoms with Gasteiger partial charge in [0.25, 0.3) is 0 Å². The Morgan fingerprint density at radius 2 is 2.00 bits per heavy atom. The molecule has 3 aromatic rings. The smallest absolute Gasteiger partial charge is 0.329 e.